The number of Topliss-reactive ketones (excluding diaryl/α,β-unsaturated/α-hetero) is 1. The number of likely N-dealkylation sites (N-methyl/N-ethyl adjacent to an activating group) is 1. The molecule has 1 aromatic rings. The second kappa shape index (κ2) is 4.41. The van der Waals surface area contributed by atoms with Crippen LogP contribution in [0.5, 0.6) is 0 Å². The van der Waals surface area contributed by atoms with Crippen molar-refractivity contribution in [3.8, 4) is 0 Å². The number of carbonyl (C=O) groups is 1. The summed E-state index contributed by atoms with van der Waals surface area (Å²) in [6, 6.07) is 5.96. The fourth-order valence-electron chi connectivity index (χ4n) is 1.98. The zero-order valence-electron chi connectivity index (χ0n) is 8.92. The highest BCUT2D eigenvalue weighted by Gasteiger charge is 2.20. The van der Waals surface area contributed by atoms with E-state index in [2.05, 4.69) is 23.5 Å². The molecule has 1 aliphatic rings. The van der Waals surface area contributed by atoms with Gasteiger partial charge in [0.2, 0.25) is 0 Å². The Bertz CT molecular complexity index is 407. The van der Waals surface area contributed by atoms with Gasteiger partial charge in [-0.25, -0.2) is 0 Å². The van der Waals surface area contributed by atoms with Gasteiger partial charge in [0.15, 0.2) is 5.78 Å². The third-order valence-electron chi connectivity index (χ3n) is 2.73. The molecular weight excluding hydrogens is 186 g/mol. The predicted molar refractivity (Wildman–Crippen MR) is 62.1 cm³/mol. The number of hydrogen-bond acceptors (Lipinski definition) is 2. The molecule has 2 heteroatoms. The number of nitrogens with one attached hydrogen (secondary N) is 1. The second-order valence-corrected chi connectivity index (χ2v) is 3.76. The summed E-state index contributed by atoms with van der Waals surface area (Å²) >= 11 is 0. The molecule has 2 rings (SSSR count). The summed E-state index contributed by atoms with van der Waals surface area (Å²) < 4.78 is 0. The summed E-state index contributed by atoms with van der Waals surface area (Å²) in [7, 11) is 1.92. The van der Waals surface area contributed by atoms with E-state index in [0.717, 1.165) is 18.5 Å². The lowest BCUT2D eigenvalue weighted by molar-refractivity contribution is 0.0994. The molecule has 0 amide bonds. The van der Waals surface area contributed by atoms with Crippen LogP contribution in [0.25, 0.3) is 6.08 Å². The van der Waals surface area contributed by atoms with E-state index in [1.54, 1.807) is 0 Å². The van der Waals surface area contributed by atoms with Crippen molar-refractivity contribution in [3.05, 3.63) is 41.0 Å². The van der Waals surface area contributed by atoms with E-state index in [1.807, 2.05) is 19.2 Å². The van der Waals surface area contributed by atoms with Gasteiger partial charge in [0.1, 0.15) is 0 Å². The number of ketones is 1. The van der Waals surface area contributed by atoms with E-state index < -0.39 is 0 Å². The molecular formula is C13H15NO. The smallest absolute Gasteiger partial charge is 0.163 e. The summed E-state index contributed by atoms with van der Waals surface area (Å²) in [5.41, 5.74) is 3.32. The fourth-order valence-corrected chi connectivity index (χ4v) is 1.98. The molecule has 0 aliphatic heterocycles. The lowest BCUT2D eigenvalue weighted by atomic mass is 10.0. The molecule has 0 aromatic heterocycles. The number of hydrogen-bond donors (Lipinski definition) is 1. The van der Waals surface area contributed by atoms with Gasteiger partial charge in [-0.15, -0.1) is 0 Å². The Hall–Kier alpha value is -1.41. The standard InChI is InChI=1S/C13H15NO/c1-14-9-3-5-10-4-2-6-12-11(10)7-8-13(12)15/h2-6,14H,7-9H2,1H3. The third kappa shape index (κ3) is 2.00. The number of benzene rings is 1. The maximum atomic E-state index is 11.5. The first-order chi connectivity index (χ1) is 7.33. The minimum atomic E-state index is 0.286. The van der Waals surface area contributed by atoms with Crippen LogP contribution in [0.2, 0.25) is 0 Å². The Labute approximate surface area is 90.0 Å². The molecule has 0 saturated carbocycles. The summed E-state index contributed by atoms with van der Waals surface area (Å²) in [5, 5.41) is 3.06. The van der Waals surface area contributed by atoms with Gasteiger partial charge in [-0.2, -0.15) is 0 Å². The number of carbonyl (C=O) groups excluding carboxylic acids is 1. The maximum Gasteiger partial charge on any atom is 0.163 e. The molecule has 0 heterocycles. The Morgan fingerprint density at radius 2 is 2.27 bits per heavy atom. The van der Waals surface area contributed by atoms with Crippen molar-refractivity contribution in [1.82, 2.24) is 5.32 Å². The zero-order chi connectivity index (χ0) is 10.7. The molecule has 15 heavy (non-hydrogen) atoms. The lowest BCUT2D eigenvalue weighted by Crippen LogP contribution is -2.03. The SMILES string of the molecule is CNCC=Cc1cccc2c1CCC2=O. The van der Waals surface area contributed by atoms with E-state index in [4.69, 9.17) is 0 Å². The van der Waals surface area contributed by atoms with Gasteiger partial charge >= 0.3 is 0 Å². The molecule has 0 unspecified atom stereocenters. The van der Waals surface area contributed by atoms with Crippen LogP contribution in [0.1, 0.15) is 27.9 Å². The summed E-state index contributed by atoms with van der Waals surface area (Å²) in [4.78, 5) is 11.5. The van der Waals surface area contributed by atoms with Crippen molar-refractivity contribution in [3.63, 3.8) is 0 Å². The van der Waals surface area contributed by atoms with Crippen LogP contribution in [0.15, 0.2) is 24.3 Å². The highest BCUT2D eigenvalue weighted by atomic mass is 16.1. The van der Waals surface area contributed by atoms with Crippen molar-refractivity contribution in [2.75, 3.05) is 13.6 Å². The molecule has 1 aromatic carbocycles. The largest absolute Gasteiger partial charge is 0.316 e. The monoisotopic (exact) mass is 201 g/mol. The van der Waals surface area contributed by atoms with Gasteiger partial charge in [0.05, 0.1) is 0 Å². The average Bonchev–Trinajstić information content (AvgIpc) is 2.62. The van der Waals surface area contributed by atoms with Gasteiger partial charge in [0.25, 0.3) is 0 Å². The third-order valence-corrected chi connectivity index (χ3v) is 2.73. The van der Waals surface area contributed by atoms with E-state index in [9.17, 15) is 4.79 Å². The van der Waals surface area contributed by atoms with Crippen LogP contribution in [-0.2, 0) is 6.42 Å². The Balaban J connectivity index is 2.30. The van der Waals surface area contributed by atoms with Crippen LogP contribution in [0, 0.1) is 0 Å². The van der Waals surface area contributed by atoms with Crippen molar-refractivity contribution in [1.29, 1.82) is 0 Å². The summed E-state index contributed by atoms with van der Waals surface area (Å²) in [6.07, 6.45) is 5.74. The predicted octanol–water partition coefficient (Wildman–Crippen LogP) is 2.05. The highest BCUT2D eigenvalue weighted by Crippen LogP contribution is 2.25. The van der Waals surface area contributed by atoms with Crippen molar-refractivity contribution in [2.45, 2.75) is 12.8 Å². The van der Waals surface area contributed by atoms with Crippen LogP contribution >= 0.6 is 0 Å². The molecule has 0 bridgehead atoms. The van der Waals surface area contributed by atoms with Crippen molar-refractivity contribution < 1.29 is 4.79 Å². The molecule has 0 saturated heterocycles. The van der Waals surface area contributed by atoms with Crippen molar-refractivity contribution >= 4 is 11.9 Å². The maximum absolute atomic E-state index is 11.5. The summed E-state index contributed by atoms with van der Waals surface area (Å²) in [6.45, 7) is 0.859. The first-order valence-electron chi connectivity index (χ1n) is 5.29. The van der Waals surface area contributed by atoms with Crippen LogP contribution in [0.3, 0.4) is 0 Å². The highest BCUT2D eigenvalue weighted by molar-refractivity contribution is 6.01. The minimum absolute atomic E-state index is 0.286. The Kier molecular flexibility index (Phi) is 2.97. The summed E-state index contributed by atoms with van der Waals surface area (Å²) in [5.74, 6) is 0.286. The molecule has 0 atom stereocenters. The van der Waals surface area contributed by atoms with Gasteiger partial charge in [-0.1, -0.05) is 30.4 Å². The van der Waals surface area contributed by atoms with Crippen molar-refractivity contribution in [2.24, 2.45) is 0 Å². The molecule has 2 nitrogen and oxygen atoms in total. The molecule has 78 valence electrons. The fraction of sp³-hybridized carbons (Fsp3) is 0.308. The van der Waals surface area contributed by atoms with Gasteiger partial charge < -0.3 is 5.32 Å². The van der Waals surface area contributed by atoms with E-state index in [1.165, 1.54) is 11.1 Å². The van der Waals surface area contributed by atoms with Gasteiger partial charge in [-0.3, -0.25) is 4.79 Å². The van der Waals surface area contributed by atoms with E-state index in [0.29, 0.717) is 6.42 Å². The van der Waals surface area contributed by atoms with Gasteiger partial charge in [-0.05, 0) is 24.6 Å². The first kappa shape index (κ1) is 10.1. The quantitative estimate of drug-likeness (QED) is 0.811. The van der Waals surface area contributed by atoms with E-state index in [-0.39, 0.29) is 5.78 Å². The zero-order valence-corrected chi connectivity index (χ0v) is 8.92. The second-order valence-electron chi connectivity index (χ2n) is 3.76. The topological polar surface area (TPSA) is 29.1 Å². The Morgan fingerprint density at radius 3 is 3.07 bits per heavy atom. The normalized spacial score (nSPS) is 14.9. The average molecular weight is 201 g/mol. The molecule has 1 aliphatic carbocycles. The number of rotatable bonds is 3. The molecule has 0 radical (unpaired) electrons. The Morgan fingerprint density at radius 1 is 1.40 bits per heavy atom. The molecule has 0 spiro atoms. The molecule has 0 fully saturated rings. The van der Waals surface area contributed by atoms with Crippen LogP contribution in [0.4, 0.5) is 0 Å². The van der Waals surface area contributed by atoms with Crippen LogP contribution < -0.4 is 5.32 Å². The first-order valence-corrected chi connectivity index (χ1v) is 5.29. The van der Waals surface area contributed by atoms with Gasteiger partial charge in [0, 0.05) is 18.5 Å². The van der Waals surface area contributed by atoms with Crippen LogP contribution in [-0.4, -0.2) is 19.4 Å². The van der Waals surface area contributed by atoms with E-state index >= 15 is 0 Å². The minimum Gasteiger partial charge on any atom is -0.316 e. The lowest BCUT2D eigenvalue weighted by Gasteiger charge is -2.02. The number of fused-ring (bicyclic) bond motifs is 1. The molecule has 1 N–H and O–H groups in total.